The SMILES string of the molecule is OC(c1cn(-c2ccc(OCC3(F)COC3)cc2)nn1)c1c(C2CC2)ccc2cncn12. The quantitative estimate of drug-likeness (QED) is 0.480. The highest BCUT2D eigenvalue weighted by Crippen LogP contribution is 2.44. The van der Waals surface area contributed by atoms with E-state index in [-0.39, 0.29) is 19.8 Å². The summed E-state index contributed by atoms with van der Waals surface area (Å²) >= 11 is 0. The molecule has 2 aliphatic rings. The summed E-state index contributed by atoms with van der Waals surface area (Å²) in [6, 6.07) is 11.2. The van der Waals surface area contributed by atoms with Crippen molar-refractivity contribution in [3.63, 3.8) is 0 Å². The molecule has 9 heteroatoms. The highest BCUT2D eigenvalue weighted by Gasteiger charge is 2.39. The molecule has 3 aromatic heterocycles. The molecule has 0 bridgehead atoms. The van der Waals surface area contributed by atoms with E-state index in [0.717, 1.165) is 35.3 Å². The van der Waals surface area contributed by atoms with E-state index in [4.69, 9.17) is 9.47 Å². The minimum Gasteiger partial charge on any atom is -0.490 e. The van der Waals surface area contributed by atoms with E-state index in [2.05, 4.69) is 21.4 Å². The molecule has 32 heavy (non-hydrogen) atoms. The van der Waals surface area contributed by atoms with E-state index < -0.39 is 11.8 Å². The molecule has 4 aromatic rings. The molecule has 0 radical (unpaired) electrons. The number of hydrogen-bond acceptors (Lipinski definition) is 6. The van der Waals surface area contributed by atoms with Gasteiger partial charge in [0.05, 0.1) is 48.8 Å². The largest absolute Gasteiger partial charge is 0.490 e. The normalized spacial score (nSPS) is 18.4. The topological polar surface area (TPSA) is 86.7 Å². The van der Waals surface area contributed by atoms with Gasteiger partial charge in [0.25, 0.3) is 0 Å². The van der Waals surface area contributed by atoms with E-state index in [1.54, 1.807) is 35.5 Å². The molecule has 1 unspecified atom stereocenters. The summed E-state index contributed by atoms with van der Waals surface area (Å²) in [7, 11) is 0. The second-order valence-electron chi connectivity index (χ2n) is 8.55. The number of aromatic nitrogens is 5. The van der Waals surface area contributed by atoms with Crippen molar-refractivity contribution >= 4 is 5.52 Å². The highest BCUT2D eigenvalue weighted by atomic mass is 19.1. The predicted molar refractivity (Wildman–Crippen MR) is 113 cm³/mol. The van der Waals surface area contributed by atoms with Crippen LogP contribution in [0.25, 0.3) is 11.2 Å². The van der Waals surface area contributed by atoms with Crippen LogP contribution in [0.2, 0.25) is 0 Å². The van der Waals surface area contributed by atoms with Crippen molar-refractivity contribution in [2.75, 3.05) is 19.8 Å². The van der Waals surface area contributed by atoms with Crippen molar-refractivity contribution in [2.45, 2.75) is 30.5 Å². The Balaban J connectivity index is 1.24. The lowest BCUT2D eigenvalue weighted by molar-refractivity contribution is -0.146. The summed E-state index contributed by atoms with van der Waals surface area (Å²) < 4.78 is 28.0. The van der Waals surface area contributed by atoms with Crippen LogP contribution in [0.15, 0.2) is 55.1 Å². The molecular weight excluding hydrogens is 413 g/mol. The molecule has 4 heterocycles. The smallest absolute Gasteiger partial charge is 0.190 e. The van der Waals surface area contributed by atoms with Gasteiger partial charge in [0.15, 0.2) is 5.67 Å². The average molecular weight is 435 g/mol. The number of benzene rings is 1. The Morgan fingerprint density at radius 3 is 2.72 bits per heavy atom. The van der Waals surface area contributed by atoms with Gasteiger partial charge in [0.1, 0.15) is 24.2 Å². The number of alkyl halides is 1. The minimum absolute atomic E-state index is 0.0326. The van der Waals surface area contributed by atoms with Crippen LogP contribution in [0.4, 0.5) is 4.39 Å². The standard InChI is InChI=1S/C23H22FN5O3/c24-23(11-31-12-23)13-32-18-6-3-16(4-7-18)29-10-20(26-27-29)22(30)21-19(15-1-2-15)8-5-17-9-25-14-28(17)21/h3-10,14-15,22,30H,1-2,11-13H2. The van der Waals surface area contributed by atoms with E-state index in [1.807, 2.05) is 22.6 Å². The summed E-state index contributed by atoms with van der Waals surface area (Å²) in [5.41, 5.74) is 2.66. The molecule has 6 rings (SSSR count). The van der Waals surface area contributed by atoms with Gasteiger partial charge in [-0.05, 0) is 54.7 Å². The first-order chi connectivity index (χ1) is 15.6. The molecule has 1 N–H and O–H groups in total. The number of hydrogen-bond donors (Lipinski definition) is 1. The molecule has 1 aliphatic carbocycles. The fourth-order valence-corrected chi connectivity index (χ4v) is 4.04. The summed E-state index contributed by atoms with van der Waals surface area (Å²) in [6.45, 7) is 0.115. The van der Waals surface area contributed by atoms with Crippen LogP contribution in [-0.2, 0) is 4.74 Å². The van der Waals surface area contributed by atoms with Crippen LogP contribution in [0.5, 0.6) is 5.75 Å². The fourth-order valence-electron chi connectivity index (χ4n) is 4.04. The zero-order chi connectivity index (χ0) is 21.7. The lowest BCUT2D eigenvalue weighted by Gasteiger charge is -2.33. The van der Waals surface area contributed by atoms with Gasteiger partial charge >= 0.3 is 0 Å². The summed E-state index contributed by atoms with van der Waals surface area (Å²) in [4.78, 5) is 4.23. The van der Waals surface area contributed by atoms with Crippen LogP contribution < -0.4 is 4.74 Å². The Morgan fingerprint density at radius 1 is 1.19 bits per heavy atom. The molecule has 1 aliphatic heterocycles. The maximum atomic E-state index is 14.0. The molecule has 0 amide bonds. The van der Waals surface area contributed by atoms with Gasteiger partial charge < -0.3 is 14.6 Å². The Kier molecular flexibility index (Phi) is 4.48. The maximum Gasteiger partial charge on any atom is 0.190 e. The zero-order valence-electron chi connectivity index (χ0n) is 17.3. The number of nitrogens with zero attached hydrogens (tertiary/aromatic N) is 5. The Labute approximate surface area is 183 Å². The first-order valence-electron chi connectivity index (χ1n) is 10.6. The molecule has 0 spiro atoms. The molecule has 164 valence electrons. The number of pyridine rings is 1. The Bertz CT molecular complexity index is 1260. The molecule has 2 fully saturated rings. The molecule has 1 saturated carbocycles. The fraction of sp³-hybridized carbons (Fsp3) is 0.348. The maximum absolute atomic E-state index is 14.0. The third-order valence-corrected chi connectivity index (χ3v) is 6.04. The number of rotatable bonds is 7. The van der Waals surface area contributed by atoms with Gasteiger partial charge in [-0.25, -0.2) is 14.1 Å². The molecule has 1 aromatic carbocycles. The van der Waals surface area contributed by atoms with E-state index in [0.29, 0.717) is 17.4 Å². The van der Waals surface area contributed by atoms with E-state index in [1.165, 1.54) is 0 Å². The summed E-state index contributed by atoms with van der Waals surface area (Å²) in [5, 5.41) is 19.6. The molecule has 1 saturated heterocycles. The third kappa shape index (κ3) is 3.43. The number of imidazole rings is 1. The molecule has 1 atom stereocenters. The number of fused-ring (bicyclic) bond motifs is 1. The number of ether oxygens (including phenoxy) is 2. The number of halogens is 1. The van der Waals surface area contributed by atoms with Crippen LogP contribution in [-0.4, -0.2) is 55.0 Å². The average Bonchev–Trinajstić information content (AvgIpc) is 3.32. The van der Waals surface area contributed by atoms with Crippen LogP contribution in [0.3, 0.4) is 0 Å². The predicted octanol–water partition coefficient (Wildman–Crippen LogP) is 2.99. The third-order valence-electron chi connectivity index (χ3n) is 6.04. The molecule has 8 nitrogen and oxygen atoms in total. The van der Waals surface area contributed by atoms with E-state index >= 15 is 0 Å². The van der Waals surface area contributed by atoms with Crippen LogP contribution in [0, 0.1) is 0 Å². The van der Waals surface area contributed by atoms with Crippen molar-refractivity contribution < 1.29 is 19.0 Å². The van der Waals surface area contributed by atoms with Gasteiger partial charge in [0.2, 0.25) is 0 Å². The summed E-state index contributed by atoms with van der Waals surface area (Å²) in [5.74, 6) is 1.03. The van der Waals surface area contributed by atoms with Crippen molar-refractivity contribution in [3.8, 4) is 11.4 Å². The van der Waals surface area contributed by atoms with Crippen LogP contribution in [0.1, 0.15) is 41.8 Å². The van der Waals surface area contributed by atoms with Gasteiger partial charge in [-0.15, -0.1) is 5.10 Å². The second-order valence-corrected chi connectivity index (χ2v) is 8.55. The van der Waals surface area contributed by atoms with Gasteiger partial charge in [-0.3, -0.25) is 4.40 Å². The van der Waals surface area contributed by atoms with Gasteiger partial charge in [-0.1, -0.05) is 11.3 Å². The lowest BCUT2D eigenvalue weighted by atomic mass is 10.0. The minimum atomic E-state index is -1.40. The monoisotopic (exact) mass is 435 g/mol. The Hall–Kier alpha value is -3.30. The van der Waals surface area contributed by atoms with Crippen molar-refractivity contribution in [2.24, 2.45) is 0 Å². The first-order valence-corrected chi connectivity index (χ1v) is 10.6. The van der Waals surface area contributed by atoms with Crippen LogP contribution >= 0.6 is 0 Å². The Morgan fingerprint density at radius 2 is 2.00 bits per heavy atom. The first kappa shape index (κ1) is 19.4. The van der Waals surface area contributed by atoms with Gasteiger partial charge in [-0.2, -0.15) is 0 Å². The molecular formula is C23H22FN5O3. The van der Waals surface area contributed by atoms with Crippen molar-refractivity contribution in [1.29, 1.82) is 0 Å². The summed E-state index contributed by atoms with van der Waals surface area (Å²) in [6.07, 6.45) is 6.53. The van der Waals surface area contributed by atoms with Crippen molar-refractivity contribution in [3.05, 3.63) is 72.1 Å². The highest BCUT2D eigenvalue weighted by molar-refractivity contribution is 5.51. The van der Waals surface area contributed by atoms with E-state index in [9.17, 15) is 9.50 Å². The zero-order valence-corrected chi connectivity index (χ0v) is 17.3. The van der Waals surface area contributed by atoms with Gasteiger partial charge in [0, 0.05) is 0 Å². The number of aliphatic hydroxyl groups excluding tert-OH is 1. The van der Waals surface area contributed by atoms with Crippen molar-refractivity contribution in [1.82, 2.24) is 24.4 Å². The number of aliphatic hydroxyl groups is 1. The second kappa shape index (κ2) is 7.39. The lowest BCUT2D eigenvalue weighted by Crippen LogP contribution is -2.50.